The Balaban J connectivity index is 1.31. The maximum absolute atomic E-state index is 12.3. The van der Waals surface area contributed by atoms with Crippen LogP contribution in [0.2, 0.25) is 0 Å². The molecule has 0 aliphatic carbocycles. The largest absolute Gasteiger partial charge is 0.467 e. The lowest BCUT2D eigenvalue weighted by atomic mass is 10.2. The van der Waals surface area contributed by atoms with Gasteiger partial charge in [-0.15, -0.1) is 0 Å². The molecule has 4 rings (SSSR count). The Labute approximate surface area is 156 Å². The molecule has 4 heterocycles. The van der Waals surface area contributed by atoms with Crippen molar-refractivity contribution in [2.24, 2.45) is 0 Å². The number of nitrogens with one attached hydrogen (secondary N) is 1. The van der Waals surface area contributed by atoms with Crippen LogP contribution in [0.15, 0.2) is 51.7 Å². The minimum atomic E-state index is -0.220. The highest BCUT2D eigenvalue weighted by Crippen LogP contribution is 2.16. The summed E-state index contributed by atoms with van der Waals surface area (Å²) in [5, 5.41) is 6.79. The van der Waals surface area contributed by atoms with Crippen molar-refractivity contribution in [3.63, 3.8) is 0 Å². The quantitative estimate of drug-likeness (QED) is 0.712. The summed E-state index contributed by atoms with van der Waals surface area (Å²) in [5.41, 5.74) is 1.85. The number of furan rings is 1. The number of hydrogen-bond acceptors (Lipinski definition) is 7. The number of hydrogen-bond donors (Lipinski definition) is 1. The monoisotopic (exact) mass is 368 g/mol. The Bertz CT molecular complexity index is 884. The number of morpholine rings is 1. The standard InChI is InChI=1S/C19H20N4O4/c24-19(14-9-16(26-13-14)12-23-5-7-25-8-6-23)21-11-15-10-18(22-27-15)17-3-1-2-4-20-17/h1-4,9-10,13H,5-8,11-12H2,(H,21,24). The smallest absolute Gasteiger partial charge is 0.254 e. The molecule has 0 saturated carbocycles. The second-order valence-electron chi connectivity index (χ2n) is 6.27. The molecular formula is C19H20N4O4. The van der Waals surface area contributed by atoms with Gasteiger partial charge in [0.15, 0.2) is 5.76 Å². The average molecular weight is 368 g/mol. The highest BCUT2D eigenvalue weighted by atomic mass is 16.5. The fourth-order valence-corrected chi connectivity index (χ4v) is 2.86. The molecule has 8 heteroatoms. The van der Waals surface area contributed by atoms with Gasteiger partial charge in [-0.2, -0.15) is 0 Å². The molecule has 1 aliphatic heterocycles. The van der Waals surface area contributed by atoms with E-state index in [2.05, 4.69) is 20.4 Å². The van der Waals surface area contributed by atoms with Gasteiger partial charge in [-0.25, -0.2) is 0 Å². The zero-order valence-corrected chi connectivity index (χ0v) is 14.8. The second kappa shape index (κ2) is 8.15. The topological polar surface area (TPSA) is 93.6 Å². The predicted molar refractivity (Wildman–Crippen MR) is 95.7 cm³/mol. The Morgan fingerprint density at radius 2 is 2.04 bits per heavy atom. The van der Waals surface area contributed by atoms with E-state index in [9.17, 15) is 4.79 Å². The van der Waals surface area contributed by atoms with Crippen molar-refractivity contribution in [3.8, 4) is 11.4 Å². The van der Waals surface area contributed by atoms with Crippen molar-refractivity contribution in [3.05, 3.63) is 59.9 Å². The maximum atomic E-state index is 12.3. The Kier molecular flexibility index (Phi) is 5.27. The summed E-state index contributed by atoms with van der Waals surface area (Å²) in [6, 6.07) is 9.10. The van der Waals surface area contributed by atoms with Gasteiger partial charge in [-0.1, -0.05) is 11.2 Å². The van der Waals surface area contributed by atoms with E-state index < -0.39 is 0 Å². The van der Waals surface area contributed by atoms with Crippen LogP contribution in [0.1, 0.15) is 21.9 Å². The van der Waals surface area contributed by atoms with Crippen LogP contribution in [-0.2, 0) is 17.8 Å². The summed E-state index contributed by atoms with van der Waals surface area (Å²) in [4.78, 5) is 18.8. The van der Waals surface area contributed by atoms with Crippen LogP contribution < -0.4 is 5.32 Å². The molecule has 3 aromatic heterocycles. The molecule has 0 radical (unpaired) electrons. The molecule has 27 heavy (non-hydrogen) atoms. The first-order valence-electron chi connectivity index (χ1n) is 8.80. The number of pyridine rings is 1. The summed E-state index contributed by atoms with van der Waals surface area (Å²) >= 11 is 0. The highest BCUT2D eigenvalue weighted by molar-refractivity contribution is 5.93. The van der Waals surface area contributed by atoms with E-state index in [1.165, 1.54) is 6.26 Å². The molecule has 0 spiro atoms. The van der Waals surface area contributed by atoms with Crippen LogP contribution in [-0.4, -0.2) is 47.3 Å². The van der Waals surface area contributed by atoms with Crippen molar-refractivity contribution in [1.82, 2.24) is 20.4 Å². The molecule has 1 saturated heterocycles. The van der Waals surface area contributed by atoms with Crippen LogP contribution in [0.4, 0.5) is 0 Å². The molecule has 3 aromatic rings. The van der Waals surface area contributed by atoms with Crippen molar-refractivity contribution >= 4 is 5.91 Å². The molecule has 140 valence electrons. The molecule has 0 atom stereocenters. The first kappa shape index (κ1) is 17.4. The van der Waals surface area contributed by atoms with Crippen LogP contribution in [0.5, 0.6) is 0 Å². The zero-order chi connectivity index (χ0) is 18.5. The molecule has 1 fully saturated rings. The molecule has 1 amide bonds. The van der Waals surface area contributed by atoms with E-state index in [-0.39, 0.29) is 12.5 Å². The zero-order valence-electron chi connectivity index (χ0n) is 14.8. The Morgan fingerprint density at radius 3 is 2.85 bits per heavy atom. The fraction of sp³-hybridized carbons (Fsp3) is 0.316. The van der Waals surface area contributed by atoms with Crippen molar-refractivity contribution in [1.29, 1.82) is 0 Å². The summed E-state index contributed by atoms with van der Waals surface area (Å²) in [7, 11) is 0. The first-order chi connectivity index (χ1) is 13.3. The molecule has 1 aliphatic rings. The van der Waals surface area contributed by atoms with Crippen LogP contribution in [0.3, 0.4) is 0 Å². The molecule has 0 unspecified atom stereocenters. The lowest BCUT2D eigenvalue weighted by Crippen LogP contribution is -2.35. The number of rotatable bonds is 6. The third-order valence-corrected chi connectivity index (χ3v) is 4.31. The van der Waals surface area contributed by atoms with Crippen molar-refractivity contribution < 1.29 is 18.5 Å². The van der Waals surface area contributed by atoms with E-state index in [1.54, 1.807) is 18.3 Å². The number of ether oxygens (including phenoxy) is 1. The number of carbonyl (C=O) groups is 1. The summed E-state index contributed by atoms with van der Waals surface area (Å²) in [6.45, 7) is 4.10. The molecule has 1 N–H and O–H groups in total. The second-order valence-corrected chi connectivity index (χ2v) is 6.27. The Hall–Kier alpha value is -2.97. The minimum absolute atomic E-state index is 0.220. The van der Waals surface area contributed by atoms with E-state index >= 15 is 0 Å². The lowest BCUT2D eigenvalue weighted by Gasteiger charge is -2.25. The SMILES string of the molecule is O=C(NCc1cc(-c2ccccn2)no1)c1coc(CN2CCOCC2)c1. The minimum Gasteiger partial charge on any atom is -0.467 e. The summed E-state index contributed by atoms with van der Waals surface area (Å²) < 4.78 is 16.1. The predicted octanol–water partition coefficient (Wildman–Crippen LogP) is 2.09. The van der Waals surface area contributed by atoms with Crippen LogP contribution >= 0.6 is 0 Å². The number of aromatic nitrogens is 2. The van der Waals surface area contributed by atoms with Gasteiger partial charge in [0.05, 0.1) is 37.6 Å². The third-order valence-electron chi connectivity index (χ3n) is 4.31. The molecule has 0 bridgehead atoms. The molecular weight excluding hydrogens is 348 g/mol. The van der Waals surface area contributed by atoms with E-state index in [0.29, 0.717) is 23.6 Å². The van der Waals surface area contributed by atoms with Crippen molar-refractivity contribution in [2.75, 3.05) is 26.3 Å². The van der Waals surface area contributed by atoms with Gasteiger partial charge in [0, 0.05) is 25.4 Å². The molecule has 0 aromatic carbocycles. The van der Waals surface area contributed by atoms with E-state index in [4.69, 9.17) is 13.7 Å². The number of nitrogens with zero attached hydrogens (tertiary/aromatic N) is 3. The number of amides is 1. The van der Waals surface area contributed by atoms with Crippen LogP contribution in [0, 0.1) is 0 Å². The maximum Gasteiger partial charge on any atom is 0.254 e. The van der Waals surface area contributed by atoms with E-state index in [0.717, 1.165) is 37.8 Å². The van der Waals surface area contributed by atoms with Gasteiger partial charge in [-0.3, -0.25) is 14.7 Å². The average Bonchev–Trinajstić information content (AvgIpc) is 3.37. The van der Waals surface area contributed by atoms with Gasteiger partial charge >= 0.3 is 0 Å². The van der Waals surface area contributed by atoms with Gasteiger partial charge in [0.2, 0.25) is 0 Å². The lowest BCUT2D eigenvalue weighted by molar-refractivity contribution is 0.0313. The normalized spacial score (nSPS) is 15.0. The van der Waals surface area contributed by atoms with E-state index in [1.807, 2.05) is 18.2 Å². The fourth-order valence-electron chi connectivity index (χ4n) is 2.86. The first-order valence-corrected chi connectivity index (χ1v) is 8.80. The summed E-state index contributed by atoms with van der Waals surface area (Å²) in [5.74, 6) is 1.10. The highest BCUT2D eigenvalue weighted by Gasteiger charge is 2.16. The van der Waals surface area contributed by atoms with Gasteiger partial charge in [0.25, 0.3) is 5.91 Å². The van der Waals surface area contributed by atoms with Gasteiger partial charge < -0.3 is 19.0 Å². The third kappa shape index (κ3) is 4.42. The Morgan fingerprint density at radius 1 is 1.15 bits per heavy atom. The van der Waals surface area contributed by atoms with Crippen LogP contribution in [0.25, 0.3) is 11.4 Å². The number of carbonyl (C=O) groups excluding carboxylic acids is 1. The molecule has 8 nitrogen and oxygen atoms in total. The van der Waals surface area contributed by atoms with Gasteiger partial charge in [0.1, 0.15) is 17.7 Å². The van der Waals surface area contributed by atoms with Gasteiger partial charge in [-0.05, 0) is 18.2 Å². The van der Waals surface area contributed by atoms with Crippen molar-refractivity contribution in [2.45, 2.75) is 13.1 Å². The summed E-state index contributed by atoms with van der Waals surface area (Å²) in [6.07, 6.45) is 3.17.